The van der Waals surface area contributed by atoms with Crippen LogP contribution in [-0.2, 0) is 17.8 Å². The molecule has 1 amide bonds. The Hall–Kier alpha value is -5.94. The minimum Gasteiger partial charge on any atom is -0.457 e. The van der Waals surface area contributed by atoms with Crippen molar-refractivity contribution in [3.63, 3.8) is 0 Å². The van der Waals surface area contributed by atoms with Crippen LogP contribution >= 0.6 is 0 Å². The Labute approximate surface area is 286 Å². The summed E-state index contributed by atoms with van der Waals surface area (Å²) in [6, 6.07) is 52.8. The van der Waals surface area contributed by atoms with E-state index in [0.717, 1.165) is 44.5 Å². The summed E-state index contributed by atoms with van der Waals surface area (Å²) in [5.41, 5.74) is 6.29. The second-order valence-corrected chi connectivity index (χ2v) is 12.3. The third-order valence-corrected chi connectivity index (χ3v) is 8.91. The SMILES string of the molecule is O=C(CC(c1cccc(Oc2ccccc2)c1)c1cn(Cc2ccc(F)cc2)c2ccccc12)NC(Cc1ccccc1)c1ccccc1. The molecule has 1 heterocycles. The molecule has 4 nitrogen and oxygen atoms in total. The Morgan fingerprint density at radius 3 is 2.04 bits per heavy atom. The van der Waals surface area contributed by atoms with Crippen molar-refractivity contribution in [1.29, 1.82) is 0 Å². The van der Waals surface area contributed by atoms with Gasteiger partial charge in [0.25, 0.3) is 0 Å². The summed E-state index contributed by atoms with van der Waals surface area (Å²) >= 11 is 0. The van der Waals surface area contributed by atoms with Crippen molar-refractivity contribution < 1.29 is 13.9 Å². The monoisotopic (exact) mass is 644 g/mol. The lowest BCUT2D eigenvalue weighted by Gasteiger charge is -2.23. The van der Waals surface area contributed by atoms with Crippen molar-refractivity contribution in [1.82, 2.24) is 9.88 Å². The first-order valence-corrected chi connectivity index (χ1v) is 16.6. The van der Waals surface area contributed by atoms with Gasteiger partial charge in [-0.3, -0.25) is 4.79 Å². The van der Waals surface area contributed by atoms with Crippen molar-refractivity contribution in [3.05, 3.63) is 204 Å². The van der Waals surface area contributed by atoms with Gasteiger partial charge in [0.15, 0.2) is 0 Å². The molecule has 242 valence electrons. The first kappa shape index (κ1) is 31.6. The zero-order valence-corrected chi connectivity index (χ0v) is 27.1. The number of nitrogens with zero attached hydrogens (tertiary/aromatic N) is 1. The Bertz CT molecular complexity index is 2130. The standard InChI is InChI=1S/C44H37FN2O2/c45-36-25-23-33(24-26-36)30-47-31-41(39-21-10-11-22-43(39)47)40(35-17-12-20-38(28-35)49-37-18-8-3-9-19-37)29-44(48)46-42(34-15-6-2-7-16-34)27-32-13-4-1-5-14-32/h1-26,28,31,40,42H,27,29-30H2,(H,46,48). The first-order chi connectivity index (χ1) is 24.1. The fourth-order valence-corrected chi connectivity index (χ4v) is 6.52. The first-order valence-electron chi connectivity index (χ1n) is 16.6. The summed E-state index contributed by atoms with van der Waals surface area (Å²) in [5, 5.41) is 4.46. The minimum atomic E-state index is -0.271. The third kappa shape index (κ3) is 7.79. The van der Waals surface area contributed by atoms with Crippen LogP contribution in [-0.4, -0.2) is 10.5 Å². The van der Waals surface area contributed by atoms with Gasteiger partial charge in [-0.05, 0) is 76.7 Å². The van der Waals surface area contributed by atoms with Gasteiger partial charge in [-0.15, -0.1) is 0 Å². The van der Waals surface area contributed by atoms with Crippen LogP contribution in [0.5, 0.6) is 11.5 Å². The smallest absolute Gasteiger partial charge is 0.221 e. The van der Waals surface area contributed by atoms with Crippen LogP contribution < -0.4 is 10.1 Å². The van der Waals surface area contributed by atoms with Crippen molar-refractivity contribution in [2.75, 3.05) is 0 Å². The fourth-order valence-electron chi connectivity index (χ4n) is 6.52. The Morgan fingerprint density at radius 1 is 0.653 bits per heavy atom. The lowest BCUT2D eigenvalue weighted by Crippen LogP contribution is -2.31. The Balaban J connectivity index is 1.25. The van der Waals surface area contributed by atoms with Gasteiger partial charge in [0.1, 0.15) is 17.3 Å². The molecule has 2 unspecified atom stereocenters. The summed E-state index contributed by atoms with van der Waals surface area (Å²) in [6.07, 6.45) is 3.06. The number of ether oxygens (including phenoxy) is 1. The molecule has 0 aliphatic rings. The van der Waals surface area contributed by atoms with E-state index in [1.807, 2.05) is 109 Å². The summed E-state index contributed by atoms with van der Waals surface area (Å²) < 4.78 is 22.2. The molecule has 0 saturated carbocycles. The minimum absolute atomic E-state index is 0.0421. The average Bonchev–Trinajstić information content (AvgIpc) is 3.50. The number of benzene rings is 6. The van der Waals surface area contributed by atoms with Gasteiger partial charge in [-0.1, -0.05) is 121 Å². The predicted octanol–water partition coefficient (Wildman–Crippen LogP) is 10.2. The molecule has 0 saturated heterocycles. The normalized spacial score (nSPS) is 12.3. The van der Waals surface area contributed by atoms with Crippen LogP contribution in [0.4, 0.5) is 4.39 Å². The second-order valence-electron chi connectivity index (χ2n) is 12.3. The van der Waals surface area contributed by atoms with Gasteiger partial charge in [0.05, 0.1) is 6.04 Å². The van der Waals surface area contributed by atoms with E-state index < -0.39 is 0 Å². The van der Waals surface area contributed by atoms with Gasteiger partial charge in [-0.2, -0.15) is 0 Å². The van der Waals surface area contributed by atoms with Gasteiger partial charge < -0.3 is 14.6 Å². The lowest BCUT2D eigenvalue weighted by molar-refractivity contribution is -0.122. The number of rotatable bonds is 12. The number of hydrogen-bond donors (Lipinski definition) is 1. The van der Waals surface area contributed by atoms with Gasteiger partial charge in [0, 0.05) is 36.0 Å². The molecule has 1 N–H and O–H groups in total. The quantitative estimate of drug-likeness (QED) is 0.144. The highest BCUT2D eigenvalue weighted by Gasteiger charge is 2.25. The molecule has 1 aromatic heterocycles. The van der Waals surface area contributed by atoms with Crippen LogP contribution in [0, 0.1) is 5.82 Å². The largest absolute Gasteiger partial charge is 0.457 e. The second kappa shape index (κ2) is 14.9. The highest BCUT2D eigenvalue weighted by molar-refractivity contribution is 5.87. The molecule has 0 aliphatic carbocycles. The molecule has 0 aliphatic heterocycles. The van der Waals surface area contributed by atoms with E-state index in [1.165, 1.54) is 12.1 Å². The molecule has 7 rings (SSSR count). The number of carbonyl (C=O) groups is 1. The molecular weight excluding hydrogens is 607 g/mol. The summed E-state index contributed by atoms with van der Waals surface area (Å²) in [4.78, 5) is 14.2. The van der Waals surface area contributed by atoms with Gasteiger partial charge in [0.2, 0.25) is 5.91 Å². The highest BCUT2D eigenvalue weighted by atomic mass is 19.1. The van der Waals surface area contributed by atoms with E-state index in [4.69, 9.17) is 4.74 Å². The molecule has 0 radical (unpaired) electrons. The molecule has 5 heteroatoms. The van der Waals surface area contributed by atoms with E-state index >= 15 is 0 Å². The van der Waals surface area contributed by atoms with Crippen molar-refractivity contribution in [2.24, 2.45) is 0 Å². The van der Waals surface area contributed by atoms with Crippen LogP contribution in [0.25, 0.3) is 10.9 Å². The molecule has 0 spiro atoms. The van der Waals surface area contributed by atoms with Crippen LogP contribution in [0.1, 0.15) is 46.2 Å². The summed E-state index contributed by atoms with van der Waals surface area (Å²) in [5.74, 6) is 0.879. The number of halogens is 1. The molecule has 49 heavy (non-hydrogen) atoms. The molecule has 6 aromatic carbocycles. The molecule has 0 fully saturated rings. The molecular formula is C44H37FN2O2. The Morgan fingerprint density at radius 2 is 1.29 bits per heavy atom. The van der Waals surface area contributed by atoms with Gasteiger partial charge >= 0.3 is 0 Å². The van der Waals surface area contributed by atoms with E-state index in [0.29, 0.717) is 18.7 Å². The average molecular weight is 645 g/mol. The number of fused-ring (bicyclic) bond motifs is 1. The van der Waals surface area contributed by atoms with Crippen molar-refractivity contribution in [2.45, 2.75) is 31.3 Å². The number of aromatic nitrogens is 1. The summed E-state index contributed by atoms with van der Waals surface area (Å²) in [7, 11) is 0. The molecule has 2 atom stereocenters. The number of carbonyl (C=O) groups excluding carboxylic acids is 1. The highest BCUT2D eigenvalue weighted by Crippen LogP contribution is 2.37. The number of para-hydroxylation sites is 2. The molecule has 0 bridgehead atoms. The number of hydrogen-bond acceptors (Lipinski definition) is 2. The molecule has 7 aromatic rings. The Kier molecular flexibility index (Phi) is 9.60. The van der Waals surface area contributed by atoms with Crippen molar-refractivity contribution >= 4 is 16.8 Å². The number of nitrogens with one attached hydrogen (secondary N) is 1. The summed E-state index contributed by atoms with van der Waals surface area (Å²) in [6.45, 7) is 0.573. The third-order valence-electron chi connectivity index (χ3n) is 8.91. The fraction of sp³-hybridized carbons (Fsp3) is 0.114. The van der Waals surface area contributed by atoms with Crippen molar-refractivity contribution in [3.8, 4) is 11.5 Å². The maximum atomic E-state index is 14.2. The van der Waals surface area contributed by atoms with E-state index in [9.17, 15) is 9.18 Å². The van der Waals surface area contributed by atoms with Crippen LogP contribution in [0.3, 0.4) is 0 Å². The van der Waals surface area contributed by atoms with E-state index in [2.05, 4.69) is 58.5 Å². The maximum Gasteiger partial charge on any atom is 0.221 e. The van der Waals surface area contributed by atoms with E-state index in [1.54, 1.807) is 0 Å². The zero-order chi connectivity index (χ0) is 33.4. The topological polar surface area (TPSA) is 43.3 Å². The van der Waals surface area contributed by atoms with Gasteiger partial charge in [-0.25, -0.2) is 4.39 Å². The van der Waals surface area contributed by atoms with Crippen LogP contribution in [0.15, 0.2) is 170 Å². The van der Waals surface area contributed by atoms with Crippen LogP contribution in [0.2, 0.25) is 0 Å². The zero-order valence-electron chi connectivity index (χ0n) is 27.1. The maximum absolute atomic E-state index is 14.2. The van der Waals surface area contributed by atoms with E-state index in [-0.39, 0.29) is 30.1 Å². The number of amides is 1. The predicted molar refractivity (Wildman–Crippen MR) is 194 cm³/mol. The lowest BCUT2D eigenvalue weighted by atomic mass is 9.87.